The summed E-state index contributed by atoms with van der Waals surface area (Å²) >= 11 is 0. The van der Waals surface area contributed by atoms with Gasteiger partial charge in [0.1, 0.15) is 24.3 Å². The van der Waals surface area contributed by atoms with Gasteiger partial charge in [-0.15, -0.1) is 0 Å². The van der Waals surface area contributed by atoms with E-state index in [0.29, 0.717) is 35.2 Å². The Kier molecular flexibility index (Phi) is 3.79. The maximum atomic E-state index is 13.0. The van der Waals surface area contributed by atoms with E-state index in [1.807, 2.05) is 18.2 Å². The summed E-state index contributed by atoms with van der Waals surface area (Å²) in [5, 5.41) is 0.488. The maximum Gasteiger partial charge on any atom is 0.235 e. The third-order valence-electron chi connectivity index (χ3n) is 5.07. The van der Waals surface area contributed by atoms with Gasteiger partial charge in [0.05, 0.1) is 18.1 Å². The molecular formula is C21H19NO5. The summed E-state index contributed by atoms with van der Waals surface area (Å²) in [4.78, 5) is 15.2. The first kappa shape index (κ1) is 16.2. The maximum absolute atomic E-state index is 13.0. The van der Waals surface area contributed by atoms with Gasteiger partial charge in [0.2, 0.25) is 11.2 Å². The highest BCUT2D eigenvalue weighted by Gasteiger charge is 2.33. The van der Waals surface area contributed by atoms with Gasteiger partial charge in [-0.1, -0.05) is 12.1 Å². The van der Waals surface area contributed by atoms with Crippen molar-refractivity contribution in [1.82, 2.24) is 4.90 Å². The summed E-state index contributed by atoms with van der Waals surface area (Å²) in [5.41, 5.74) is 1.27. The van der Waals surface area contributed by atoms with E-state index in [-0.39, 0.29) is 11.2 Å². The fourth-order valence-electron chi connectivity index (χ4n) is 3.47. The number of hydrogen-bond donors (Lipinski definition) is 0. The fraction of sp³-hybridized carbons (Fsp3) is 0.286. The van der Waals surface area contributed by atoms with E-state index in [9.17, 15) is 4.79 Å². The van der Waals surface area contributed by atoms with Crippen molar-refractivity contribution in [3.05, 3.63) is 58.4 Å². The molecule has 0 N–H and O–H groups in total. The number of ether oxygens (including phenoxy) is 3. The number of para-hydroxylation sites is 2. The van der Waals surface area contributed by atoms with Gasteiger partial charge in [0, 0.05) is 12.6 Å². The van der Waals surface area contributed by atoms with Crippen LogP contribution in [-0.4, -0.2) is 24.8 Å². The molecule has 0 atom stereocenters. The van der Waals surface area contributed by atoms with E-state index in [1.54, 1.807) is 25.3 Å². The van der Waals surface area contributed by atoms with Crippen LogP contribution in [0.25, 0.3) is 11.0 Å². The molecule has 2 aromatic carbocycles. The number of benzene rings is 2. The lowest BCUT2D eigenvalue weighted by molar-refractivity contribution is 0.0885. The lowest BCUT2D eigenvalue weighted by Crippen LogP contribution is -2.33. The van der Waals surface area contributed by atoms with Gasteiger partial charge in [-0.2, -0.15) is 0 Å². The zero-order valence-electron chi connectivity index (χ0n) is 14.9. The van der Waals surface area contributed by atoms with E-state index in [0.717, 1.165) is 17.9 Å². The second kappa shape index (κ2) is 6.32. The fourth-order valence-corrected chi connectivity index (χ4v) is 3.47. The van der Waals surface area contributed by atoms with Crippen molar-refractivity contribution >= 4 is 11.0 Å². The Labute approximate surface area is 155 Å². The molecule has 2 heterocycles. The molecule has 1 fully saturated rings. The summed E-state index contributed by atoms with van der Waals surface area (Å²) in [7, 11) is 1.56. The van der Waals surface area contributed by atoms with Crippen LogP contribution in [0.3, 0.4) is 0 Å². The van der Waals surface area contributed by atoms with Crippen LogP contribution in [0.4, 0.5) is 0 Å². The van der Waals surface area contributed by atoms with Crippen LogP contribution in [0.5, 0.6) is 23.0 Å². The number of nitrogens with zero attached hydrogens (tertiary/aromatic N) is 1. The average Bonchev–Trinajstić information content (AvgIpc) is 3.55. The normalized spacial score (nSPS) is 16.6. The first-order valence-corrected chi connectivity index (χ1v) is 8.99. The Morgan fingerprint density at radius 2 is 1.89 bits per heavy atom. The Balaban J connectivity index is 1.55. The van der Waals surface area contributed by atoms with Gasteiger partial charge in [0.15, 0.2) is 11.5 Å². The molecule has 3 aromatic rings. The van der Waals surface area contributed by atoms with E-state index in [2.05, 4.69) is 4.90 Å². The molecule has 0 spiro atoms. The minimum Gasteiger partial charge on any atom is -0.493 e. The molecule has 138 valence electrons. The standard InChI is InChI=1S/C21H19NO5/c1-24-17-4-2-3-5-18(17)27-19-11-25-21-14(20(19)23)8-9-16-15(21)10-22(12-26-16)13-6-7-13/h2-5,8-9,11,13H,6-7,10,12H2,1H3. The predicted molar refractivity (Wildman–Crippen MR) is 99.6 cm³/mol. The van der Waals surface area contributed by atoms with Gasteiger partial charge in [0.25, 0.3) is 0 Å². The first-order chi connectivity index (χ1) is 13.2. The molecule has 0 amide bonds. The lowest BCUT2D eigenvalue weighted by Gasteiger charge is -2.29. The number of fused-ring (bicyclic) bond motifs is 3. The molecule has 1 saturated carbocycles. The van der Waals surface area contributed by atoms with Crippen LogP contribution >= 0.6 is 0 Å². The summed E-state index contributed by atoms with van der Waals surface area (Å²) in [6, 6.07) is 11.3. The minimum atomic E-state index is -0.214. The predicted octanol–water partition coefficient (Wildman–Crippen LogP) is 3.91. The smallest absolute Gasteiger partial charge is 0.235 e. The Bertz CT molecular complexity index is 1070. The van der Waals surface area contributed by atoms with Gasteiger partial charge >= 0.3 is 0 Å². The van der Waals surface area contributed by atoms with Crippen LogP contribution in [0.15, 0.2) is 51.9 Å². The van der Waals surface area contributed by atoms with Crippen LogP contribution in [0.1, 0.15) is 18.4 Å². The highest BCUT2D eigenvalue weighted by molar-refractivity contribution is 5.83. The second-order valence-corrected chi connectivity index (χ2v) is 6.85. The molecule has 5 rings (SSSR count). The van der Waals surface area contributed by atoms with E-state index in [4.69, 9.17) is 18.6 Å². The van der Waals surface area contributed by atoms with Crippen LogP contribution in [-0.2, 0) is 6.54 Å². The van der Waals surface area contributed by atoms with Gasteiger partial charge in [-0.05, 0) is 37.1 Å². The molecule has 1 aliphatic carbocycles. The van der Waals surface area contributed by atoms with Crippen LogP contribution in [0.2, 0.25) is 0 Å². The monoisotopic (exact) mass is 365 g/mol. The van der Waals surface area contributed by atoms with Crippen LogP contribution < -0.4 is 19.6 Å². The van der Waals surface area contributed by atoms with Crippen molar-refractivity contribution in [1.29, 1.82) is 0 Å². The van der Waals surface area contributed by atoms with Crippen molar-refractivity contribution in [2.24, 2.45) is 0 Å². The largest absolute Gasteiger partial charge is 0.493 e. The summed E-state index contributed by atoms with van der Waals surface area (Å²) < 4.78 is 22.8. The summed E-state index contributed by atoms with van der Waals surface area (Å²) in [5.74, 6) is 1.92. The molecule has 0 bridgehead atoms. The molecule has 0 saturated heterocycles. The number of methoxy groups -OCH3 is 1. The molecule has 1 aromatic heterocycles. The number of hydrogen-bond acceptors (Lipinski definition) is 6. The van der Waals surface area contributed by atoms with Crippen molar-refractivity contribution in [3.63, 3.8) is 0 Å². The van der Waals surface area contributed by atoms with Gasteiger partial charge in [-0.3, -0.25) is 9.69 Å². The van der Waals surface area contributed by atoms with Crippen molar-refractivity contribution < 1.29 is 18.6 Å². The highest BCUT2D eigenvalue weighted by Crippen LogP contribution is 2.37. The molecule has 1 aliphatic heterocycles. The van der Waals surface area contributed by atoms with E-state index >= 15 is 0 Å². The molecular weight excluding hydrogens is 346 g/mol. The van der Waals surface area contributed by atoms with Crippen molar-refractivity contribution in [2.45, 2.75) is 25.4 Å². The average molecular weight is 365 g/mol. The summed E-state index contributed by atoms with van der Waals surface area (Å²) in [6.07, 6.45) is 3.77. The molecule has 27 heavy (non-hydrogen) atoms. The molecule has 6 heteroatoms. The second-order valence-electron chi connectivity index (χ2n) is 6.85. The third kappa shape index (κ3) is 2.82. The zero-order valence-corrected chi connectivity index (χ0v) is 14.9. The highest BCUT2D eigenvalue weighted by atomic mass is 16.5. The zero-order chi connectivity index (χ0) is 18.4. The van der Waals surface area contributed by atoms with Crippen molar-refractivity contribution in [3.8, 4) is 23.0 Å². The molecule has 0 unspecified atom stereocenters. The van der Waals surface area contributed by atoms with E-state index in [1.165, 1.54) is 19.1 Å². The first-order valence-electron chi connectivity index (χ1n) is 8.99. The Morgan fingerprint density at radius 3 is 2.67 bits per heavy atom. The van der Waals surface area contributed by atoms with Crippen LogP contribution in [0, 0.1) is 0 Å². The van der Waals surface area contributed by atoms with Gasteiger partial charge < -0.3 is 18.6 Å². The molecule has 0 radical (unpaired) electrons. The lowest BCUT2D eigenvalue weighted by atomic mass is 10.1. The minimum absolute atomic E-state index is 0.128. The quantitative estimate of drug-likeness (QED) is 0.699. The molecule has 6 nitrogen and oxygen atoms in total. The summed E-state index contributed by atoms with van der Waals surface area (Å²) in [6.45, 7) is 1.31. The van der Waals surface area contributed by atoms with Crippen molar-refractivity contribution in [2.75, 3.05) is 13.8 Å². The third-order valence-corrected chi connectivity index (χ3v) is 5.07. The Hall–Kier alpha value is -2.99. The number of rotatable bonds is 4. The van der Waals surface area contributed by atoms with Gasteiger partial charge in [-0.25, -0.2) is 0 Å². The SMILES string of the molecule is COc1ccccc1Oc1coc2c3c(ccc2c1=O)OCN(C1CC1)C3. The topological polar surface area (TPSA) is 61.1 Å². The van der Waals surface area contributed by atoms with E-state index < -0.39 is 0 Å². The molecule has 2 aliphatic rings. The Morgan fingerprint density at radius 1 is 1.07 bits per heavy atom.